The Morgan fingerprint density at radius 3 is 2.57 bits per heavy atom. The predicted molar refractivity (Wildman–Crippen MR) is 158 cm³/mol. The molecular formula is C31H32FN7O2S. The second kappa shape index (κ2) is 9.81. The Balaban J connectivity index is 1.32. The molecule has 3 aliphatic rings. The SMILES string of the molecule is C=S(=O)(c1ncn(C)n1)N(C1CC1)[C@H]1CCC2=Cc3c(ncn3-c3ccc(F)cc3)C[C@]2(C(=O)c2cc(C)ccn2)C1. The molecular weight excluding hydrogens is 553 g/mol. The van der Waals surface area contributed by atoms with Gasteiger partial charge in [0.05, 0.1) is 32.8 Å². The highest BCUT2D eigenvalue weighted by molar-refractivity contribution is 7.98. The molecule has 3 atom stereocenters. The van der Waals surface area contributed by atoms with Crippen LogP contribution in [0.4, 0.5) is 4.39 Å². The number of benzene rings is 1. The third kappa shape index (κ3) is 4.42. The highest BCUT2D eigenvalue weighted by Crippen LogP contribution is 2.52. The lowest BCUT2D eigenvalue weighted by molar-refractivity contribution is 0.0734. The van der Waals surface area contributed by atoms with E-state index in [1.54, 1.807) is 42.7 Å². The molecule has 7 rings (SSSR count). The van der Waals surface area contributed by atoms with Crippen LogP contribution in [0.3, 0.4) is 0 Å². The Hall–Kier alpha value is -3.96. The van der Waals surface area contributed by atoms with E-state index in [9.17, 15) is 13.4 Å². The number of allylic oxidation sites excluding steroid dienone is 1. The van der Waals surface area contributed by atoms with Crippen LogP contribution in [0.25, 0.3) is 11.8 Å². The molecule has 3 aliphatic carbocycles. The highest BCUT2D eigenvalue weighted by Gasteiger charge is 2.53. The van der Waals surface area contributed by atoms with Gasteiger partial charge in [0.2, 0.25) is 5.16 Å². The van der Waals surface area contributed by atoms with E-state index in [4.69, 9.17) is 4.98 Å². The molecule has 11 heteroatoms. The summed E-state index contributed by atoms with van der Waals surface area (Å²) in [5.41, 5.74) is 3.99. The minimum atomic E-state index is -2.98. The highest BCUT2D eigenvalue weighted by atomic mass is 32.2. The zero-order chi connectivity index (χ0) is 29.2. The molecule has 0 N–H and O–H groups in total. The second-order valence-electron chi connectivity index (χ2n) is 11.7. The lowest BCUT2D eigenvalue weighted by Gasteiger charge is -2.47. The molecule has 0 saturated heterocycles. The molecule has 1 aromatic carbocycles. The molecule has 3 heterocycles. The van der Waals surface area contributed by atoms with E-state index in [-0.39, 0.29) is 28.8 Å². The lowest BCUT2D eigenvalue weighted by Crippen LogP contribution is -2.51. The molecule has 42 heavy (non-hydrogen) atoms. The van der Waals surface area contributed by atoms with Crippen LogP contribution in [0.15, 0.2) is 66.0 Å². The van der Waals surface area contributed by atoms with Crippen molar-refractivity contribution in [2.75, 3.05) is 0 Å². The van der Waals surface area contributed by atoms with Crippen molar-refractivity contribution in [2.45, 2.75) is 62.7 Å². The molecule has 0 bridgehead atoms. The van der Waals surface area contributed by atoms with Crippen molar-refractivity contribution < 1.29 is 13.4 Å². The van der Waals surface area contributed by atoms with Gasteiger partial charge in [-0.3, -0.25) is 19.0 Å². The largest absolute Gasteiger partial charge is 0.299 e. The van der Waals surface area contributed by atoms with E-state index in [0.717, 1.165) is 47.5 Å². The van der Waals surface area contributed by atoms with Crippen molar-refractivity contribution in [2.24, 2.45) is 12.5 Å². The summed E-state index contributed by atoms with van der Waals surface area (Å²) in [6.45, 7) is 1.95. The Morgan fingerprint density at radius 1 is 1.10 bits per heavy atom. The number of nitrogens with zero attached hydrogens (tertiary/aromatic N) is 7. The summed E-state index contributed by atoms with van der Waals surface area (Å²) in [6, 6.07) is 9.96. The normalized spacial score (nSPS) is 23.1. The molecule has 2 fully saturated rings. The number of rotatable bonds is 7. The number of fused-ring (bicyclic) bond motifs is 2. The van der Waals surface area contributed by atoms with Crippen molar-refractivity contribution in [1.29, 1.82) is 0 Å². The Bertz CT molecular complexity index is 1840. The zero-order valence-electron chi connectivity index (χ0n) is 23.6. The molecule has 0 spiro atoms. The van der Waals surface area contributed by atoms with Gasteiger partial charge in [-0.1, -0.05) is 5.57 Å². The van der Waals surface area contributed by atoms with Gasteiger partial charge in [0.1, 0.15) is 17.8 Å². The fourth-order valence-electron chi connectivity index (χ4n) is 6.65. The maximum Gasteiger partial charge on any atom is 0.244 e. The topological polar surface area (TPSA) is 98.8 Å². The van der Waals surface area contributed by atoms with E-state index in [0.29, 0.717) is 25.0 Å². The summed E-state index contributed by atoms with van der Waals surface area (Å²) in [5.74, 6) is 3.82. The maximum atomic E-state index is 14.6. The van der Waals surface area contributed by atoms with Gasteiger partial charge in [-0.2, -0.15) is 0 Å². The molecule has 0 aliphatic heterocycles. The molecule has 0 amide bonds. The van der Waals surface area contributed by atoms with Crippen molar-refractivity contribution in [3.63, 3.8) is 0 Å². The van der Waals surface area contributed by atoms with Crippen molar-refractivity contribution in [3.8, 4) is 5.69 Å². The van der Waals surface area contributed by atoms with Gasteiger partial charge in [-0.15, -0.1) is 5.10 Å². The van der Waals surface area contributed by atoms with Crippen LogP contribution in [-0.2, 0) is 23.2 Å². The number of ketones is 1. The summed E-state index contributed by atoms with van der Waals surface area (Å²) >= 11 is 0. The molecule has 9 nitrogen and oxygen atoms in total. The number of halogens is 1. The molecule has 2 saturated carbocycles. The summed E-state index contributed by atoms with van der Waals surface area (Å²) in [5, 5.41) is 4.59. The number of carbonyl (C=O) groups excluding carboxylic acids is 1. The number of aryl methyl sites for hydroxylation is 2. The first-order valence-electron chi connectivity index (χ1n) is 14.2. The van der Waals surface area contributed by atoms with Crippen LogP contribution < -0.4 is 0 Å². The van der Waals surface area contributed by atoms with E-state index < -0.39 is 15.1 Å². The fraction of sp³-hybridized carbons (Fsp3) is 0.355. The van der Waals surface area contributed by atoms with Crippen molar-refractivity contribution in [3.05, 3.63) is 89.3 Å². The smallest absolute Gasteiger partial charge is 0.244 e. The Kier molecular flexibility index (Phi) is 6.28. The number of imidazole rings is 1. The van der Waals surface area contributed by atoms with Gasteiger partial charge >= 0.3 is 0 Å². The van der Waals surface area contributed by atoms with Crippen molar-refractivity contribution in [1.82, 2.24) is 33.6 Å². The molecule has 0 radical (unpaired) electrons. The van der Waals surface area contributed by atoms with E-state index in [2.05, 4.69) is 27.0 Å². The number of carbonyl (C=O) groups is 1. The van der Waals surface area contributed by atoms with E-state index in [1.807, 2.05) is 27.9 Å². The molecule has 1 unspecified atom stereocenters. The van der Waals surface area contributed by atoms with Crippen LogP contribution in [0.2, 0.25) is 0 Å². The summed E-state index contributed by atoms with van der Waals surface area (Å²) in [7, 11) is -1.23. The van der Waals surface area contributed by atoms with E-state index >= 15 is 0 Å². The van der Waals surface area contributed by atoms with Gasteiger partial charge in [-0.25, -0.2) is 22.9 Å². The summed E-state index contributed by atoms with van der Waals surface area (Å²) in [4.78, 5) is 28.2. The second-order valence-corrected chi connectivity index (χ2v) is 13.8. The van der Waals surface area contributed by atoms with Gasteiger partial charge in [0.15, 0.2) is 5.78 Å². The van der Waals surface area contributed by atoms with Crippen LogP contribution in [0.1, 0.15) is 59.5 Å². The third-order valence-corrected chi connectivity index (χ3v) is 10.8. The first-order chi connectivity index (χ1) is 20.2. The van der Waals surface area contributed by atoms with Gasteiger partial charge < -0.3 is 0 Å². The molecule has 3 aromatic heterocycles. The van der Waals surface area contributed by atoms with Gasteiger partial charge in [0, 0.05) is 37.4 Å². The Morgan fingerprint density at radius 2 is 1.88 bits per heavy atom. The number of aromatic nitrogens is 6. The average Bonchev–Trinajstić information content (AvgIpc) is 3.55. The standard InChI is InChI=1S/C31H32FN7O2S/c1-20-12-13-33-26(14-20)29(40)31-16-25(39(24-10-11-24)42(3,41)30-35-18-37(2)36-30)7-4-21(31)15-28-27(17-31)34-19-38(28)23-8-5-22(32)6-9-23/h5-6,8-9,12-15,18-19,24-25H,3-4,7,10-11,16-17H2,1-2H3/t25-,31+,42?/m0/s1. The van der Waals surface area contributed by atoms with Gasteiger partial charge in [-0.05, 0) is 92.9 Å². The molecule has 4 aromatic rings. The quantitative estimate of drug-likeness (QED) is 0.236. The number of hydrogen-bond donors (Lipinski definition) is 0. The fourth-order valence-corrected chi connectivity index (χ4v) is 8.66. The number of Topliss-reactive ketones (excluding diaryl/α,β-unsaturated/α-hetero) is 1. The zero-order valence-corrected chi connectivity index (χ0v) is 24.4. The maximum absolute atomic E-state index is 14.6. The third-order valence-electron chi connectivity index (χ3n) is 8.77. The molecule has 216 valence electrons. The number of pyridine rings is 1. The van der Waals surface area contributed by atoms with Crippen LogP contribution in [-0.4, -0.2) is 61.6 Å². The average molecular weight is 586 g/mol. The van der Waals surface area contributed by atoms with Crippen LogP contribution in [0.5, 0.6) is 0 Å². The monoisotopic (exact) mass is 585 g/mol. The van der Waals surface area contributed by atoms with Crippen LogP contribution in [0, 0.1) is 18.2 Å². The van der Waals surface area contributed by atoms with Crippen molar-refractivity contribution >= 4 is 27.4 Å². The van der Waals surface area contributed by atoms with E-state index in [1.165, 1.54) is 12.1 Å². The minimum Gasteiger partial charge on any atom is -0.299 e. The Labute approximate surface area is 244 Å². The first-order valence-corrected chi connectivity index (χ1v) is 15.9. The predicted octanol–water partition coefficient (Wildman–Crippen LogP) is 4.36. The first kappa shape index (κ1) is 26.9. The summed E-state index contributed by atoms with van der Waals surface area (Å²) in [6.07, 6.45) is 11.1. The summed E-state index contributed by atoms with van der Waals surface area (Å²) < 4.78 is 33.5. The minimum absolute atomic E-state index is 0.0496. The van der Waals surface area contributed by atoms with Gasteiger partial charge in [0.25, 0.3) is 0 Å². The lowest BCUT2D eigenvalue weighted by atomic mass is 9.60. The van der Waals surface area contributed by atoms with Crippen LogP contribution >= 0.6 is 0 Å². The number of hydrogen-bond acceptors (Lipinski definition) is 6.